The first-order valence-electron chi connectivity index (χ1n) is 11.2. The fraction of sp³-hybridized carbons (Fsp3) is 0.652. The lowest BCUT2D eigenvalue weighted by Crippen LogP contribution is -2.50. The fourth-order valence-electron chi connectivity index (χ4n) is 3.80. The van der Waals surface area contributed by atoms with Crippen LogP contribution >= 0.6 is 0 Å². The topological polar surface area (TPSA) is 77.1 Å². The molecule has 182 valence electrons. The van der Waals surface area contributed by atoms with Crippen molar-refractivity contribution in [2.45, 2.75) is 84.2 Å². The number of halogens is 2. The summed E-state index contributed by atoms with van der Waals surface area (Å²) in [5, 5.41) is 2.74. The predicted molar refractivity (Wildman–Crippen MR) is 120 cm³/mol. The van der Waals surface area contributed by atoms with Gasteiger partial charge in [0.05, 0.1) is 16.8 Å². The second-order valence-corrected chi connectivity index (χ2v) is 10.7. The maximum atomic E-state index is 15.0. The molecule has 0 spiro atoms. The summed E-state index contributed by atoms with van der Waals surface area (Å²) < 4.78 is 46.8. The Labute approximate surface area is 194 Å². The van der Waals surface area contributed by atoms with Gasteiger partial charge in [0.25, 0.3) is 5.91 Å². The minimum absolute atomic E-state index is 0.0918. The third kappa shape index (κ3) is 5.66. The average Bonchev–Trinajstić information content (AvgIpc) is 2.88. The zero-order chi connectivity index (χ0) is 24.8. The van der Waals surface area contributed by atoms with Gasteiger partial charge in [0.15, 0.2) is 0 Å². The highest BCUT2D eigenvalue weighted by atomic mass is 19.1. The van der Waals surface area contributed by atoms with E-state index >= 15 is 0 Å². The Bertz CT molecular complexity index is 916. The van der Waals surface area contributed by atoms with Crippen molar-refractivity contribution in [3.05, 3.63) is 29.3 Å². The van der Waals surface area contributed by atoms with Gasteiger partial charge >= 0.3 is 13.2 Å². The van der Waals surface area contributed by atoms with Crippen LogP contribution in [-0.2, 0) is 14.0 Å². The van der Waals surface area contributed by atoms with E-state index < -0.39 is 47.6 Å². The molecule has 1 aromatic rings. The molecule has 1 aromatic carbocycles. The van der Waals surface area contributed by atoms with Crippen molar-refractivity contribution in [1.82, 2.24) is 10.2 Å². The fourth-order valence-corrected chi connectivity index (χ4v) is 3.80. The Morgan fingerprint density at radius 2 is 1.73 bits per heavy atom. The van der Waals surface area contributed by atoms with Crippen LogP contribution in [0.1, 0.15) is 71.7 Å². The molecule has 1 N–H and O–H groups in total. The van der Waals surface area contributed by atoms with E-state index in [1.807, 2.05) is 27.7 Å². The second kappa shape index (κ2) is 8.87. The predicted octanol–water partition coefficient (Wildman–Crippen LogP) is 3.39. The van der Waals surface area contributed by atoms with Crippen molar-refractivity contribution in [2.24, 2.45) is 0 Å². The van der Waals surface area contributed by atoms with Crippen molar-refractivity contribution < 1.29 is 32.4 Å². The maximum absolute atomic E-state index is 15.0. The number of ether oxygens (including phenoxy) is 1. The lowest BCUT2D eigenvalue weighted by Gasteiger charge is -2.33. The van der Waals surface area contributed by atoms with E-state index in [1.54, 1.807) is 20.8 Å². The summed E-state index contributed by atoms with van der Waals surface area (Å²) in [6, 6.07) is 1.52. The largest absolute Gasteiger partial charge is 0.497 e. The van der Waals surface area contributed by atoms with E-state index in [2.05, 4.69) is 5.32 Å². The monoisotopic (exact) mass is 466 g/mol. The first-order chi connectivity index (χ1) is 15.1. The molecular formula is C23H33BF2N2O5. The number of benzene rings is 1. The van der Waals surface area contributed by atoms with Gasteiger partial charge in [-0.15, -0.1) is 0 Å². The number of amides is 2. The SMILES string of the molecule is CC(C)(C)OC(=O)N[C@@H]1CCCN(C(=O)c2cc(F)c(B3OC(C)(C)C(C)(C)O3)cc2F)C1. The quantitative estimate of drug-likeness (QED) is 0.692. The highest BCUT2D eigenvalue weighted by Gasteiger charge is 2.52. The van der Waals surface area contributed by atoms with Crippen LogP contribution in [-0.4, -0.2) is 60.0 Å². The van der Waals surface area contributed by atoms with E-state index in [4.69, 9.17) is 14.0 Å². The van der Waals surface area contributed by atoms with E-state index in [0.29, 0.717) is 19.4 Å². The standard InChI is InChI=1S/C23H33BF2N2O5/c1-21(2,3)31-20(30)27-14-9-8-10-28(13-14)19(29)15-11-18(26)16(12-17(15)25)24-32-22(4,5)23(6,7)33-24/h11-12,14H,8-10,13H2,1-7H3,(H,27,30)/t14-/m1/s1. The van der Waals surface area contributed by atoms with Crippen LogP contribution in [0.4, 0.5) is 13.6 Å². The van der Waals surface area contributed by atoms with Crippen LogP contribution in [0.3, 0.4) is 0 Å². The molecule has 0 bridgehead atoms. The third-order valence-corrected chi connectivity index (χ3v) is 6.25. The Balaban J connectivity index is 1.72. The van der Waals surface area contributed by atoms with Crippen molar-refractivity contribution in [3.8, 4) is 0 Å². The van der Waals surface area contributed by atoms with Crippen LogP contribution in [0.2, 0.25) is 0 Å². The molecule has 2 amide bonds. The van der Waals surface area contributed by atoms with Crippen LogP contribution < -0.4 is 10.8 Å². The number of alkyl carbamates (subject to hydrolysis) is 1. The van der Waals surface area contributed by atoms with Gasteiger partial charge in [-0.3, -0.25) is 4.79 Å². The number of nitrogens with zero attached hydrogens (tertiary/aromatic N) is 1. The van der Waals surface area contributed by atoms with Gasteiger partial charge in [-0.1, -0.05) is 0 Å². The van der Waals surface area contributed by atoms with Gasteiger partial charge in [-0.2, -0.15) is 0 Å². The Hall–Kier alpha value is -2.20. The molecule has 1 atom stereocenters. The van der Waals surface area contributed by atoms with Crippen molar-refractivity contribution in [3.63, 3.8) is 0 Å². The highest BCUT2D eigenvalue weighted by Crippen LogP contribution is 2.36. The number of hydrogen-bond acceptors (Lipinski definition) is 5. The normalized spacial score (nSPS) is 22.3. The summed E-state index contributed by atoms with van der Waals surface area (Å²) >= 11 is 0. The molecule has 0 aromatic heterocycles. The van der Waals surface area contributed by atoms with Crippen LogP contribution in [0, 0.1) is 11.6 Å². The molecule has 2 saturated heterocycles. The van der Waals surface area contributed by atoms with Gasteiger partial charge in [0.1, 0.15) is 17.2 Å². The Kier molecular flexibility index (Phi) is 6.83. The first kappa shape index (κ1) is 25.4. The maximum Gasteiger partial charge on any atom is 0.497 e. The first-order valence-corrected chi connectivity index (χ1v) is 11.2. The van der Waals surface area contributed by atoms with Gasteiger partial charge in [0, 0.05) is 24.6 Å². The van der Waals surface area contributed by atoms with Crippen LogP contribution in [0.25, 0.3) is 0 Å². The summed E-state index contributed by atoms with van der Waals surface area (Å²) in [5.74, 6) is -2.27. The minimum Gasteiger partial charge on any atom is -0.444 e. The molecule has 33 heavy (non-hydrogen) atoms. The number of carbonyl (C=O) groups excluding carboxylic acids is 2. The summed E-state index contributed by atoms with van der Waals surface area (Å²) in [6.07, 6.45) is 0.689. The lowest BCUT2D eigenvalue weighted by molar-refractivity contribution is 0.00578. The molecule has 2 aliphatic rings. The molecule has 0 radical (unpaired) electrons. The zero-order valence-electron chi connectivity index (χ0n) is 20.4. The molecule has 2 heterocycles. The number of hydrogen-bond donors (Lipinski definition) is 1. The Morgan fingerprint density at radius 3 is 2.30 bits per heavy atom. The number of likely N-dealkylation sites (tertiary alicyclic amines) is 1. The summed E-state index contributed by atoms with van der Waals surface area (Å²) in [7, 11) is -1.08. The molecule has 0 aliphatic carbocycles. The summed E-state index contributed by atoms with van der Waals surface area (Å²) in [5.41, 5.74) is -2.53. The number of nitrogens with one attached hydrogen (secondary N) is 1. The van der Waals surface area contributed by atoms with E-state index in [-0.39, 0.29) is 23.6 Å². The molecule has 10 heteroatoms. The van der Waals surface area contributed by atoms with Crippen molar-refractivity contribution in [1.29, 1.82) is 0 Å². The zero-order valence-corrected chi connectivity index (χ0v) is 20.4. The number of rotatable bonds is 3. The smallest absolute Gasteiger partial charge is 0.444 e. The van der Waals surface area contributed by atoms with E-state index in [9.17, 15) is 18.4 Å². The van der Waals surface area contributed by atoms with Gasteiger partial charge < -0.3 is 24.3 Å². The van der Waals surface area contributed by atoms with Gasteiger partial charge in [-0.05, 0) is 73.4 Å². The van der Waals surface area contributed by atoms with E-state index in [1.165, 1.54) is 4.90 Å². The van der Waals surface area contributed by atoms with Crippen LogP contribution in [0.5, 0.6) is 0 Å². The Morgan fingerprint density at radius 1 is 1.12 bits per heavy atom. The molecule has 2 aliphatic heterocycles. The lowest BCUT2D eigenvalue weighted by atomic mass is 9.78. The third-order valence-electron chi connectivity index (χ3n) is 6.25. The highest BCUT2D eigenvalue weighted by molar-refractivity contribution is 6.62. The second-order valence-electron chi connectivity index (χ2n) is 10.7. The molecule has 0 saturated carbocycles. The molecule has 7 nitrogen and oxygen atoms in total. The molecule has 3 rings (SSSR count). The van der Waals surface area contributed by atoms with Gasteiger partial charge in [0.2, 0.25) is 0 Å². The molecule has 0 unspecified atom stereocenters. The number of piperidine rings is 1. The minimum atomic E-state index is -1.08. The molecular weight excluding hydrogens is 433 g/mol. The summed E-state index contributed by atoms with van der Waals surface area (Å²) in [6.45, 7) is 13.1. The van der Waals surface area contributed by atoms with E-state index in [0.717, 1.165) is 12.1 Å². The van der Waals surface area contributed by atoms with Crippen LogP contribution in [0.15, 0.2) is 12.1 Å². The average molecular weight is 466 g/mol. The molecule has 2 fully saturated rings. The van der Waals surface area contributed by atoms with Gasteiger partial charge in [-0.25, -0.2) is 13.6 Å². The summed E-state index contributed by atoms with van der Waals surface area (Å²) in [4.78, 5) is 26.5. The van der Waals surface area contributed by atoms with Crippen molar-refractivity contribution >= 4 is 24.6 Å². The van der Waals surface area contributed by atoms with Crippen molar-refractivity contribution in [2.75, 3.05) is 13.1 Å². The number of carbonyl (C=O) groups is 2.